The lowest BCUT2D eigenvalue weighted by molar-refractivity contribution is -0.186. The molecule has 1 fully saturated rings. The van der Waals surface area contributed by atoms with Crippen LogP contribution >= 0.6 is 22.9 Å². The van der Waals surface area contributed by atoms with Crippen LogP contribution < -0.4 is 4.74 Å². The van der Waals surface area contributed by atoms with Gasteiger partial charge in [0.1, 0.15) is 18.5 Å². The molecule has 0 spiro atoms. The Kier molecular flexibility index (Phi) is 5.00. The maximum atomic E-state index is 6.32. The first-order valence-corrected chi connectivity index (χ1v) is 9.55. The Morgan fingerprint density at radius 2 is 2.15 bits per heavy atom. The zero-order valence-corrected chi connectivity index (χ0v) is 15.9. The standard InChI is InChI=1S/C19H19ClN2O3S/c1-14-2-4-15(5-3-14)23-10-16-11-24-19(25-16,12-22-9-8-21-13-22)17-6-7-18(20)26-17/h2-9,13,16H,10-12H2,1H3. The summed E-state index contributed by atoms with van der Waals surface area (Å²) in [5.74, 6) is -0.0507. The fraction of sp³-hybridized carbons (Fsp3) is 0.316. The fourth-order valence-electron chi connectivity index (χ4n) is 2.90. The zero-order valence-electron chi connectivity index (χ0n) is 14.3. The molecular formula is C19H19ClN2O3S. The number of hydrogen-bond acceptors (Lipinski definition) is 5. The number of thiophene rings is 1. The number of nitrogens with zero attached hydrogens (tertiary/aromatic N) is 2. The number of imidazole rings is 1. The van der Waals surface area contributed by atoms with Crippen molar-refractivity contribution in [2.45, 2.75) is 25.4 Å². The molecule has 1 aliphatic heterocycles. The van der Waals surface area contributed by atoms with Gasteiger partial charge in [0.05, 0.1) is 28.7 Å². The van der Waals surface area contributed by atoms with Gasteiger partial charge in [0.2, 0.25) is 5.79 Å². The summed E-state index contributed by atoms with van der Waals surface area (Å²) in [5, 5.41) is 0. The van der Waals surface area contributed by atoms with Crippen molar-refractivity contribution >= 4 is 22.9 Å². The molecule has 2 atom stereocenters. The predicted octanol–water partition coefficient (Wildman–Crippen LogP) is 4.25. The molecule has 0 radical (unpaired) electrons. The molecule has 0 N–H and O–H groups in total. The second-order valence-corrected chi connectivity index (χ2v) is 7.98. The van der Waals surface area contributed by atoms with Gasteiger partial charge in [0.15, 0.2) is 0 Å². The van der Waals surface area contributed by atoms with E-state index in [2.05, 4.69) is 4.98 Å². The highest BCUT2D eigenvalue weighted by atomic mass is 35.5. The van der Waals surface area contributed by atoms with Gasteiger partial charge in [-0.25, -0.2) is 4.98 Å². The largest absolute Gasteiger partial charge is 0.491 e. The van der Waals surface area contributed by atoms with Crippen LogP contribution in [0.1, 0.15) is 10.4 Å². The molecule has 3 heterocycles. The Balaban J connectivity index is 1.48. The SMILES string of the molecule is Cc1ccc(OCC2COC(Cn3ccnc3)(c3ccc(Cl)s3)O2)cc1. The van der Waals surface area contributed by atoms with Gasteiger partial charge in [-0.15, -0.1) is 11.3 Å². The second kappa shape index (κ2) is 7.40. The van der Waals surface area contributed by atoms with Crippen LogP contribution in [0.25, 0.3) is 0 Å². The zero-order chi connectivity index (χ0) is 18.0. The molecule has 5 nitrogen and oxygen atoms in total. The molecule has 1 saturated heterocycles. The van der Waals surface area contributed by atoms with Crippen LogP contribution in [0.3, 0.4) is 0 Å². The summed E-state index contributed by atoms with van der Waals surface area (Å²) in [5.41, 5.74) is 1.20. The number of aryl methyl sites for hydroxylation is 1. The third-order valence-corrected chi connectivity index (χ3v) is 5.57. The third-order valence-electron chi connectivity index (χ3n) is 4.21. The maximum absolute atomic E-state index is 6.32. The summed E-state index contributed by atoms with van der Waals surface area (Å²) in [7, 11) is 0. The lowest BCUT2D eigenvalue weighted by Gasteiger charge is -2.27. The smallest absolute Gasteiger partial charge is 0.223 e. The summed E-state index contributed by atoms with van der Waals surface area (Å²) in [6.45, 7) is 3.43. The van der Waals surface area contributed by atoms with Gasteiger partial charge in [-0.3, -0.25) is 0 Å². The second-order valence-electron chi connectivity index (χ2n) is 6.27. The number of benzene rings is 1. The van der Waals surface area contributed by atoms with Gasteiger partial charge >= 0.3 is 0 Å². The van der Waals surface area contributed by atoms with Crippen molar-refractivity contribution in [3.63, 3.8) is 0 Å². The van der Waals surface area contributed by atoms with Crippen LogP contribution in [0.15, 0.2) is 55.1 Å². The van der Waals surface area contributed by atoms with Crippen molar-refractivity contribution in [1.82, 2.24) is 9.55 Å². The van der Waals surface area contributed by atoms with Gasteiger partial charge in [-0.05, 0) is 31.2 Å². The van der Waals surface area contributed by atoms with Crippen LogP contribution in [0.4, 0.5) is 0 Å². The lowest BCUT2D eigenvalue weighted by atomic mass is 10.2. The van der Waals surface area contributed by atoms with E-state index in [4.69, 9.17) is 25.8 Å². The quantitative estimate of drug-likeness (QED) is 0.631. The molecule has 0 aliphatic carbocycles. The molecule has 136 valence electrons. The van der Waals surface area contributed by atoms with Crippen molar-refractivity contribution in [1.29, 1.82) is 0 Å². The highest BCUT2D eigenvalue weighted by Gasteiger charge is 2.45. The maximum Gasteiger partial charge on any atom is 0.223 e. The molecule has 0 saturated carbocycles. The van der Waals surface area contributed by atoms with Gasteiger partial charge in [-0.2, -0.15) is 0 Å². The number of halogens is 1. The Morgan fingerprint density at radius 3 is 2.85 bits per heavy atom. The molecule has 1 aliphatic rings. The van der Waals surface area contributed by atoms with Gasteiger partial charge < -0.3 is 18.8 Å². The fourth-order valence-corrected chi connectivity index (χ4v) is 4.02. The van der Waals surface area contributed by atoms with Crippen molar-refractivity contribution in [3.05, 3.63) is 69.9 Å². The van der Waals surface area contributed by atoms with E-state index in [1.165, 1.54) is 16.9 Å². The number of ether oxygens (including phenoxy) is 3. The molecule has 4 rings (SSSR count). The average Bonchev–Trinajstić information content (AvgIpc) is 3.37. The van der Waals surface area contributed by atoms with Crippen LogP contribution in [0, 0.1) is 6.92 Å². The first kappa shape index (κ1) is 17.5. The molecule has 0 amide bonds. The number of aromatic nitrogens is 2. The average molecular weight is 391 g/mol. The number of rotatable bonds is 6. The van der Waals surface area contributed by atoms with E-state index in [1.54, 1.807) is 12.5 Å². The summed E-state index contributed by atoms with van der Waals surface area (Å²) < 4.78 is 21.0. The first-order valence-electron chi connectivity index (χ1n) is 8.36. The molecule has 2 unspecified atom stereocenters. The van der Waals surface area contributed by atoms with E-state index in [1.807, 2.05) is 54.1 Å². The summed E-state index contributed by atoms with van der Waals surface area (Å²) in [4.78, 5) is 5.04. The van der Waals surface area contributed by atoms with E-state index < -0.39 is 5.79 Å². The summed E-state index contributed by atoms with van der Waals surface area (Å²) in [6.07, 6.45) is 5.21. The molecule has 1 aromatic carbocycles. The summed E-state index contributed by atoms with van der Waals surface area (Å²) in [6, 6.07) is 11.8. The minimum atomic E-state index is -0.875. The van der Waals surface area contributed by atoms with Crippen LogP contribution in [-0.2, 0) is 21.8 Å². The van der Waals surface area contributed by atoms with E-state index in [0.29, 0.717) is 24.1 Å². The van der Waals surface area contributed by atoms with Gasteiger partial charge in [0.25, 0.3) is 0 Å². The van der Waals surface area contributed by atoms with Crippen LogP contribution in [-0.4, -0.2) is 28.9 Å². The molecule has 3 aromatic rings. The molecule has 7 heteroatoms. The first-order chi connectivity index (χ1) is 12.6. The normalized spacial score (nSPS) is 22.6. The van der Waals surface area contributed by atoms with E-state index in [0.717, 1.165) is 10.6 Å². The van der Waals surface area contributed by atoms with Crippen LogP contribution in [0.5, 0.6) is 5.75 Å². The van der Waals surface area contributed by atoms with Crippen molar-refractivity contribution < 1.29 is 14.2 Å². The monoisotopic (exact) mass is 390 g/mol. The Hall–Kier alpha value is -1.86. The van der Waals surface area contributed by atoms with Crippen LogP contribution in [0.2, 0.25) is 4.34 Å². The molecule has 26 heavy (non-hydrogen) atoms. The Bertz CT molecular complexity index is 850. The van der Waals surface area contributed by atoms with Crippen molar-refractivity contribution in [2.75, 3.05) is 13.2 Å². The van der Waals surface area contributed by atoms with Crippen molar-refractivity contribution in [2.24, 2.45) is 0 Å². The van der Waals surface area contributed by atoms with E-state index in [9.17, 15) is 0 Å². The van der Waals surface area contributed by atoms with E-state index >= 15 is 0 Å². The molecule has 0 bridgehead atoms. The lowest BCUT2D eigenvalue weighted by Crippen LogP contribution is -2.33. The number of hydrogen-bond donors (Lipinski definition) is 0. The Labute approximate surface area is 161 Å². The minimum Gasteiger partial charge on any atom is -0.491 e. The topological polar surface area (TPSA) is 45.5 Å². The highest BCUT2D eigenvalue weighted by Crippen LogP contribution is 2.40. The highest BCUT2D eigenvalue weighted by molar-refractivity contribution is 7.16. The van der Waals surface area contributed by atoms with Gasteiger partial charge in [0, 0.05) is 12.4 Å². The summed E-state index contributed by atoms with van der Waals surface area (Å²) >= 11 is 7.60. The molecule has 2 aromatic heterocycles. The third kappa shape index (κ3) is 3.78. The minimum absolute atomic E-state index is 0.166. The van der Waals surface area contributed by atoms with E-state index in [-0.39, 0.29) is 6.10 Å². The Morgan fingerprint density at radius 1 is 1.31 bits per heavy atom. The predicted molar refractivity (Wildman–Crippen MR) is 101 cm³/mol. The van der Waals surface area contributed by atoms with Crippen molar-refractivity contribution in [3.8, 4) is 5.75 Å². The van der Waals surface area contributed by atoms with Gasteiger partial charge in [-0.1, -0.05) is 29.3 Å². The molecular weight excluding hydrogens is 372 g/mol.